The van der Waals surface area contributed by atoms with E-state index in [1.54, 1.807) is 0 Å². The van der Waals surface area contributed by atoms with Crippen molar-refractivity contribution in [3.8, 4) is 5.75 Å². The molecule has 0 aliphatic carbocycles. The number of carbonyl (C=O) groups is 1. The van der Waals surface area contributed by atoms with Gasteiger partial charge in [-0.15, -0.1) is 0 Å². The molecule has 1 amide bonds. The van der Waals surface area contributed by atoms with Gasteiger partial charge in [-0.25, -0.2) is 4.39 Å². The van der Waals surface area contributed by atoms with E-state index in [4.69, 9.17) is 16.3 Å². The summed E-state index contributed by atoms with van der Waals surface area (Å²) in [7, 11) is 0. The molecule has 8 heteroatoms. The lowest BCUT2D eigenvalue weighted by Gasteiger charge is -2.15. The van der Waals surface area contributed by atoms with Crippen molar-refractivity contribution >= 4 is 23.2 Å². The highest BCUT2D eigenvalue weighted by atomic mass is 35.5. The van der Waals surface area contributed by atoms with E-state index in [9.17, 15) is 22.4 Å². The Morgan fingerprint density at radius 3 is 2.33 bits per heavy atom. The third kappa shape index (κ3) is 4.61. The van der Waals surface area contributed by atoms with Crippen molar-refractivity contribution < 1.29 is 27.1 Å². The molecule has 0 saturated carbocycles. The van der Waals surface area contributed by atoms with E-state index < -0.39 is 29.6 Å². The molecule has 0 fully saturated rings. The Hall–Kier alpha value is -2.28. The highest BCUT2D eigenvalue weighted by Crippen LogP contribution is 2.30. The summed E-state index contributed by atoms with van der Waals surface area (Å²) in [5.74, 6) is -1.00. The Labute approximate surface area is 140 Å². The normalized spacial score (nSPS) is 12.6. The Balaban J connectivity index is 1.99. The zero-order valence-electron chi connectivity index (χ0n) is 12.3. The number of rotatable bonds is 4. The molecule has 128 valence electrons. The number of amides is 1. The summed E-state index contributed by atoms with van der Waals surface area (Å²) in [5.41, 5.74) is -0.619. The average molecular weight is 362 g/mol. The summed E-state index contributed by atoms with van der Waals surface area (Å²) >= 11 is 5.61. The summed E-state index contributed by atoms with van der Waals surface area (Å²) in [6.07, 6.45) is -5.41. The van der Waals surface area contributed by atoms with Crippen LogP contribution < -0.4 is 10.1 Å². The molecular weight excluding hydrogens is 350 g/mol. The number of nitrogens with one attached hydrogen (secondary N) is 1. The molecule has 0 heterocycles. The van der Waals surface area contributed by atoms with Gasteiger partial charge in [0, 0.05) is 11.8 Å². The number of hydrogen-bond donors (Lipinski definition) is 1. The molecule has 0 aliphatic heterocycles. The van der Waals surface area contributed by atoms with Crippen LogP contribution in [0.3, 0.4) is 0 Å². The second-order valence-corrected chi connectivity index (χ2v) is 5.31. The van der Waals surface area contributed by atoms with Crippen LogP contribution in [0.25, 0.3) is 0 Å². The van der Waals surface area contributed by atoms with Crippen molar-refractivity contribution in [3.05, 3.63) is 58.9 Å². The minimum Gasteiger partial charge on any atom is -0.481 e. The number of benzene rings is 2. The number of alkyl halides is 3. The van der Waals surface area contributed by atoms with E-state index in [1.165, 1.54) is 19.1 Å². The van der Waals surface area contributed by atoms with Crippen LogP contribution >= 0.6 is 11.6 Å². The van der Waals surface area contributed by atoms with Gasteiger partial charge < -0.3 is 10.1 Å². The van der Waals surface area contributed by atoms with E-state index in [1.807, 2.05) is 0 Å². The fraction of sp³-hybridized carbons (Fsp3) is 0.188. The molecule has 24 heavy (non-hydrogen) atoms. The van der Waals surface area contributed by atoms with Gasteiger partial charge in [0.25, 0.3) is 5.91 Å². The number of halogens is 5. The average Bonchev–Trinajstić information content (AvgIpc) is 2.50. The van der Waals surface area contributed by atoms with E-state index in [0.29, 0.717) is 0 Å². The highest BCUT2D eigenvalue weighted by molar-refractivity contribution is 6.30. The van der Waals surface area contributed by atoms with Gasteiger partial charge in [-0.2, -0.15) is 13.2 Å². The summed E-state index contributed by atoms with van der Waals surface area (Å²) in [4.78, 5) is 12.0. The maximum absolute atomic E-state index is 13.1. The first-order valence-corrected chi connectivity index (χ1v) is 7.14. The van der Waals surface area contributed by atoms with Gasteiger partial charge in [0.05, 0.1) is 10.6 Å². The highest BCUT2D eigenvalue weighted by Gasteiger charge is 2.30. The largest absolute Gasteiger partial charge is 0.481 e. The molecule has 0 saturated heterocycles. The van der Waals surface area contributed by atoms with E-state index in [0.717, 1.165) is 30.3 Å². The Morgan fingerprint density at radius 1 is 1.17 bits per heavy atom. The van der Waals surface area contributed by atoms with Gasteiger partial charge in [-0.05, 0) is 43.3 Å². The predicted octanol–water partition coefficient (Wildman–Crippen LogP) is 4.90. The molecule has 2 rings (SSSR count). The van der Waals surface area contributed by atoms with Crippen LogP contribution in [0.15, 0.2) is 42.5 Å². The van der Waals surface area contributed by atoms with Crippen molar-refractivity contribution in [1.29, 1.82) is 0 Å². The zero-order chi connectivity index (χ0) is 17.9. The van der Waals surface area contributed by atoms with Crippen molar-refractivity contribution in [1.82, 2.24) is 0 Å². The molecular formula is C16H12ClF4NO2. The third-order valence-electron chi connectivity index (χ3n) is 3.05. The van der Waals surface area contributed by atoms with Gasteiger partial charge in [0.15, 0.2) is 6.10 Å². The quantitative estimate of drug-likeness (QED) is 0.786. The van der Waals surface area contributed by atoms with Crippen molar-refractivity contribution in [2.45, 2.75) is 19.2 Å². The molecule has 0 bridgehead atoms. The SMILES string of the molecule is C[C@H](Oc1ccc(F)c(Cl)c1)C(=O)Nc1ccc(C(F)(F)F)cc1. The number of ether oxygens (including phenoxy) is 1. The lowest BCUT2D eigenvalue weighted by molar-refractivity contribution is -0.137. The fourth-order valence-electron chi connectivity index (χ4n) is 1.79. The van der Waals surface area contributed by atoms with E-state index in [2.05, 4.69) is 5.32 Å². The van der Waals surface area contributed by atoms with Gasteiger partial charge >= 0.3 is 6.18 Å². The molecule has 0 aliphatic rings. The molecule has 2 aromatic rings. The number of anilines is 1. The molecule has 0 spiro atoms. The van der Waals surface area contributed by atoms with Crippen LogP contribution in [0.1, 0.15) is 12.5 Å². The second-order valence-electron chi connectivity index (χ2n) is 4.90. The maximum atomic E-state index is 13.1. The van der Waals surface area contributed by atoms with Gasteiger partial charge in [-0.3, -0.25) is 4.79 Å². The Kier molecular flexibility index (Phi) is 5.33. The first-order valence-electron chi connectivity index (χ1n) is 6.76. The Morgan fingerprint density at radius 2 is 1.79 bits per heavy atom. The van der Waals surface area contributed by atoms with E-state index >= 15 is 0 Å². The van der Waals surface area contributed by atoms with E-state index in [-0.39, 0.29) is 16.5 Å². The molecule has 1 N–H and O–H groups in total. The van der Waals surface area contributed by atoms with Crippen molar-refractivity contribution in [3.63, 3.8) is 0 Å². The first kappa shape index (κ1) is 18.1. The molecule has 0 unspecified atom stereocenters. The third-order valence-corrected chi connectivity index (χ3v) is 3.34. The molecule has 0 aromatic heterocycles. The maximum Gasteiger partial charge on any atom is 0.416 e. The number of carbonyl (C=O) groups excluding carboxylic acids is 1. The smallest absolute Gasteiger partial charge is 0.416 e. The predicted molar refractivity (Wildman–Crippen MR) is 81.6 cm³/mol. The summed E-state index contributed by atoms with van der Waals surface area (Å²) < 4.78 is 55.8. The molecule has 3 nitrogen and oxygen atoms in total. The second kappa shape index (κ2) is 7.09. The monoisotopic (exact) mass is 361 g/mol. The molecule has 0 radical (unpaired) electrons. The topological polar surface area (TPSA) is 38.3 Å². The summed E-state index contributed by atoms with van der Waals surface area (Å²) in [6, 6.07) is 7.63. The summed E-state index contributed by atoms with van der Waals surface area (Å²) in [6.45, 7) is 1.44. The zero-order valence-corrected chi connectivity index (χ0v) is 13.1. The number of hydrogen-bond acceptors (Lipinski definition) is 2. The lowest BCUT2D eigenvalue weighted by atomic mass is 10.2. The van der Waals surface area contributed by atoms with Gasteiger partial charge in [0.1, 0.15) is 11.6 Å². The van der Waals surface area contributed by atoms with Crippen LogP contribution in [0.4, 0.5) is 23.2 Å². The van der Waals surface area contributed by atoms with Crippen LogP contribution in [-0.2, 0) is 11.0 Å². The lowest BCUT2D eigenvalue weighted by Crippen LogP contribution is -2.30. The molecule has 1 atom stereocenters. The van der Waals surface area contributed by atoms with Gasteiger partial charge in [0.2, 0.25) is 0 Å². The Bertz CT molecular complexity index is 732. The van der Waals surface area contributed by atoms with Crippen molar-refractivity contribution in [2.24, 2.45) is 0 Å². The van der Waals surface area contributed by atoms with Crippen LogP contribution in [0, 0.1) is 5.82 Å². The minimum atomic E-state index is -4.44. The molecule has 2 aromatic carbocycles. The first-order chi connectivity index (χ1) is 11.2. The fourth-order valence-corrected chi connectivity index (χ4v) is 1.96. The van der Waals surface area contributed by atoms with Crippen LogP contribution in [0.5, 0.6) is 5.75 Å². The van der Waals surface area contributed by atoms with Crippen LogP contribution in [0.2, 0.25) is 5.02 Å². The van der Waals surface area contributed by atoms with Gasteiger partial charge in [-0.1, -0.05) is 11.6 Å². The van der Waals surface area contributed by atoms with Crippen molar-refractivity contribution in [2.75, 3.05) is 5.32 Å². The standard InChI is InChI=1S/C16H12ClF4NO2/c1-9(24-12-6-7-14(18)13(17)8-12)15(23)22-11-4-2-10(3-5-11)16(19,20)21/h2-9H,1H3,(H,22,23)/t9-/m0/s1. The summed E-state index contributed by atoms with van der Waals surface area (Å²) in [5, 5.41) is 2.28. The van der Waals surface area contributed by atoms with Crippen LogP contribution in [-0.4, -0.2) is 12.0 Å². The minimum absolute atomic E-state index is 0.150.